The number of hydrogen-bond donors (Lipinski definition) is 4. The van der Waals surface area contributed by atoms with Gasteiger partial charge in [0.2, 0.25) is 5.96 Å². The van der Waals surface area contributed by atoms with Gasteiger partial charge >= 0.3 is 0 Å². The van der Waals surface area contributed by atoms with Crippen LogP contribution in [0.5, 0.6) is 0 Å². The lowest BCUT2D eigenvalue weighted by molar-refractivity contribution is 1.38. The van der Waals surface area contributed by atoms with E-state index in [9.17, 15) is 0 Å². The van der Waals surface area contributed by atoms with E-state index in [1.165, 1.54) is 0 Å². The van der Waals surface area contributed by atoms with Gasteiger partial charge in [-0.05, 0) is 18.2 Å². The quantitative estimate of drug-likeness (QED) is 0.346. The molecular weight excluding hydrogens is 260 g/mol. The van der Waals surface area contributed by atoms with Gasteiger partial charge in [-0.1, -0.05) is 23.8 Å². The first kappa shape index (κ1) is 13.2. The highest BCUT2D eigenvalue weighted by Gasteiger charge is 2.04. The summed E-state index contributed by atoms with van der Waals surface area (Å²) in [6.07, 6.45) is 0. The number of aliphatic imine (C=N–C) groups is 2. The Bertz CT molecular complexity index is 506. The molecule has 0 aromatic heterocycles. The zero-order valence-corrected chi connectivity index (χ0v) is 10.3. The number of thiocarbonyl (C=S) groups is 1. The molecule has 1 rings (SSSR count). The minimum Gasteiger partial charge on any atom is -0.389 e. The minimum atomic E-state index is -0.169. The van der Waals surface area contributed by atoms with Crippen molar-refractivity contribution in [3.8, 4) is 0 Å². The molecule has 0 saturated carbocycles. The van der Waals surface area contributed by atoms with Crippen molar-refractivity contribution in [1.29, 1.82) is 0 Å². The Labute approximate surface area is 108 Å². The molecule has 8 N–H and O–H groups in total. The monoisotopic (exact) mass is 270 g/mol. The molecule has 0 bridgehead atoms. The van der Waals surface area contributed by atoms with Crippen LogP contribution < -0.4 is 22.9 Å². The summed E-state index contributed by atoms with van der Waals surface area (Å²) in [6, 6.07) is 4.85. The molecule has 90 valence electrons. The number of nitrogens with two attached hydrogens (primary N) is 4. The number of nitrogens with zero attached hydrogens (tertiary/aromatic N) is 2. The van der Waals surface area contributed by atoms with E-state index in [-0.39, 0.29) is 16.9 Å². The normalized spacial score (nSPS) is 11.0. The van der Waals surface area contributed by atoms with Gasteiger partial charge in [0.15, 0.2) is 5.96 Å². The van der Waals surface area contributed by atoms with Crippen LogP contribution in [0.15, 0.2) is 28.2 Å². The zero-order chi connectivity index (χ0) is 13.0. The Hall–Kier alpha value is -1.86. The van der Waals surface area contributed by atoms with Gasteiger partial charge in [-0.2, -0.15) is 4.99 Å². The Morgan fingerprint density at radius 3 is 2.29 bits per heavy atom. The van der Waals surface area contributed by atoms with Crippen molar-refractivity contribution in [3.63, 3.8) is 0 Å². The highest BCUT2D eigenvalue weighted by Crippen LogP contribution is 2.22. The molecule has 0 aliphatic rings. The van der Waals surface area contributed by atoms with Gasteiger partial charge in [-0.3, -0.25) is 0 Å². The lowest BCUT2D eigenvalue weighted by Crippen LogP contribution is -2.26. The first-order valence-corrected chi connectivity index (χ1v) is 5.22. The van der Waals surface area contributed by atoms with E-state index in [1.54, 1.807) is 18.2 Å². The maximum Gasteiger partial charge on any atom is 0.223 e. The number of benzene rings is 1. The molecule has 0 saturated heterocycles. The second kappa shape index (κ2) is 5.46. The summed E-state index contributed by atoms with van der Waals surface area (Å²) in [5, 5.41) is 0.385. The van der Waals surface area contributed by atoms with Gasteiger partial charge in [0, 0.05) is 5.56 Å². The largest absolute Gasteiger partial charge is 0.389 e. The topological polar surface area (TPSA) is 129 Å². The van der Waals surface area contributed by atoms with Crippen LogP contribution in [0.4, 0.5) is 5.69 Å². The van der Waals surface area contributed by atoms with Crippen molar-refractivity contribution < 1.29 is 0 Å². The molecule has 1 aromatic rings. The first-order valence-electron chi connectivity index (χ1n) is 4.43. The summed E-state index contributed by atoms with van der Waals surface area (Å²) in [5.74, 6) is -0.235. The van der Waals surface area contributed by atoms with E-state index in [0.29, 0.717) is 16.3 Å². The fraction of sp³-hybridized carbons (Fsp3) is 0. The van der Waals surface area contributed by atoms with Gasteiger partial charge in [0.05, 0.1) is 10.7 Å². The molecule has 0 amide bonds. The average Bonchev–Trinajstić information content (AvgIpc) is 2.15. The minimum absolute atomic E-state index is 0.0656. The maximum absolute atomic E-state index is 5.95. The molecule has 0 atom stereocenters. The van der Waals surface area contributed by atoms with E-state index in [4.69, 9.17) is 46.8 Å². The van der Waals surface area contributed by atoms with Gasteiger partial charge < -0.3 is 22.9 Å². The Kier molecular flexibility index (Phi) is 4.24. The molecule has 17 heavy (non-hydrogen) atoms. The van der Waals surface area contributed by atoms with E-state index < -0.39 is 0 Å². The molecule has 0 unspecified atom stereocenters. The number of rotatable bonds is 2. The highest BCUT2D eigenvalue weighted by molar-refractivity contribution is 7.80. The van der Waals surface area contributed by atoms with Gasteiger partial charge in [0.25, 0.3) is 0 Å². The zero-order valence-electron chi connectivity index (χ0n) is 8.72. The van der Waals surface area contributed by atoms with Crippen molar-refractivity contribution in [2.75, 3.05) is 0 Å². The number of guanidine groups is 2. The third-order valence-electron chi connectivity index (χ3n) is 1.71. The fourth-order valence-corrected chi connectivity index (χ4v) is 1.57. The Morgan fingerprint density at radius 1 is 1.18 bits per heavy atom. The fourth-order valence-electron chi connectivity index (χ4n) is 1.06. The predicted octanol–water partition coefficient (Wildman–Crippen LogP) is 0.194. The smallest absolute Gasteiger partial charge is 0.223 e. The lowest BCUT2D eigenvalue weighted by atomic mass is 10.2. The highest BCUT2D eigenvalue weighted by atomic mass is 35.5. The van der Waals surface area contributed by atoms with Crippen LogP contribution in [-0.4, -0.2) is 16.9 Å². The van der Waals surface area contributed by atoms with E-state index in [2.05, 4.69) is 9.98 Å². The number of halogens is 1. The van der Waals surface area contributed by atoms with Gasteiger partial charge in [-0.25, -0.2) is 4.99 Å². The van der Waals surface area contributed by atoms with Crippen molar-refractivity contribution in [1.82, 2.24) is 0 Å². The predicted molar refractivity (Wildman–Crippen MR) is 74.4 cm³/mol. The summed E-state index contributed by atoms with van der Waals surface area (Å²) in [4.78, 5) is 7.72. The third kappa shape index (κ3) is 3.89. The Morgan fingerprint density at radius 2 is 1.82 bits per heavy atom. The first-order chi connectivity index (χ1) is 7.90. The molecule has 0 spiro atoms. The van der Waals surface area contributed by atoms with Crippen LogP contribution in [0.2, 0.25) is 5.02 Å². The SMILES string of the molecule is NC(=S)c1ccc(N=C(N)N=C(N)N)cc1Cl. The molecule has 1 aromatic carbocycles. The van der Waals surface area contributed by atoms with Crippen molar-refractivity contribution >= 4 is 46.4 Å². The summed E-state index contributed by atoms with van der Waals surface area (Å²) >= 11 is 10.8. The third-order valence-corrected chi connectivity index (χ3v) is 2.24. The summed E-state index contributed by atoms with van der Waals surface area (Å²) in [6.45, 7) is 0. The molecular formula is C9H11ClN6S. The molecule has 0 aliphatic heterocycles. The standard InChI is InChI=1S/C9H11ClN6S/c10-6-3-4(1-2-5(6)7(11)17)15-9(14)16-8(12)13/h1-3H,(H2,11,17)(H6,12,13,14,15,16). The van der Waals surface area contributed by atoms with Crippen molar-refractivity contribution in [3.05, 3.63) is 28.8 Å². The van der Waals surface area contributed by atoms with Crippen LogP contribution in [0.25, 0.3) is 0 Å². The van der Waals surface area contributed by atoms with Crippen LogP contribution in [0.3, 0.4) is 0 Å². The molecule has 0 aliphatic carbocycles. The summed E-state index contributed by atoms with van der Waals surface area (Å²) in [7, 11) is 0. The van der Waals surface area contributed by atoms with Crippen molar-refractivity contribution in [2.45, 2.75) is 0 Å². The second-order valence-corrected chi connectivity index (χ2v) is 3.88. The van der Waals surface area contributed by atoms with Crippen LogP contribution in [0.1, 0.15) is 5.56 Å². The van der Waals surface area contributed by atoms with E-state index in [1.807, 2.05) is 0 Å². The molecule has 6 nitrogen and oxygen atoms in total. The van der Waals surface area contributed by atoms with Crippen LogP contribution >= 0.6 is 23.8 Å². The summed E-state index contributed by atoms with van der Waals surface area (Å²) < 4.78 is 0. The average molecular weight is 271 g/mol. The molecule has 0 radical (unpaired) electrons. The maximum atomic E-state index is 5.95. The van der Waals surface area contributed by atoms with Crippen LogP contribution in [-0.2, 0) is 0 Å². The van der Waals surface area contributed by atoms with E-state index in [0.717, 1.165) is 0 Å². The van der Waals surface area contributed by atoms with Gasteiger partial charge in [0.1, 0.15) is 4.99 Å². The summed E-state index contributed by atoms with van der Waals surface area (Å²) in [5.41, 5.74) is 22.3. The Balaban J connectivity index is 3.07. The van der Waals surface area contributed by atoms with Crippen molar-refractivity contribution in [2.24, 2.45) is 32.9 Å². The van der Waals surface area contributed by atoms with Crippen LogP contribution in [0, 0.1) is 0 Å². The molecule has 0 heterocycles. The molecule has 0 fully saturated rings. The van der Waals surface area contributed by atoms with E-state index >= 15 is 0 Å². The molecule has 8 heteroatoms. The second-order valence-electron chi connectivity index (χ2n) is 3.04. The number of hydrogen-bond acceptors (Lipinski definition) is 2. The lowest BCUT2D eigenvalue weighted by Gasteiger charge is -2.02. The van der Waals surface area contributed by atoms with Gasteiger partial charge in [-0.15, -0.1) is 0 Å².